The first-order chi connectivity index (χ1) is 12.3. The molecule has 7 heteroatoms. The first-order valence-electron chi connectivity index (χ1n) is 9.28. The van der Waals surface area contributed by atoms with E-state index in [1.54, 1.807) is 0 Å². The van der Waals surface area contributed by atoms with Crippen molar-refractivity contribution in [2.45, 2.75) is 31.8 Å². The highest BCUT2D eigenvalue weighted by Crippen LogP contribution is 2.29. The minimum Gasteiger partial charge on any atom is -0.423 e. The van der Waals surface area contributed by atoms with Crippen molar-refractivity contribution in [2.24, 2.45) is 0 Å². The van der Waals surface area contributed by atoms with Crippen molar-refractivity contribution in [1.82, 2.24) is 14.2 Å². The zero-order valence-electron chi connectivity index (χ0n) is 14.4. The first kappa shape index (κ1) is 15.8. The predicted octanol–water partition coefficient (Wildman–Crippen LogP) is 1.98. The van der Waals surface area contributed by atoms with E-state index in [0.717, 1.165) is 80.2 Å². The van der Waals surface area contributed by atoms with Gasteiger partial charge in [0.1, 0.15) is 5.52 Å². The lowest BCUT2D eigenvalue weighted by atomic mass is 10.2. The Kier molecular flexibility index (Phi) is 4.03. The van der Waals surface area contributed by atoms with Crippen molar-refractivity contribution in [3.63, 3.8) is 0 Å². The van der Waals surface area contributed by atoms with Gasteiger partial charge in [-0.05, 0) is 37.0 Å². The molecular weight excluding hydrogens is 336 g/mol. The van der Waals surface area contributed by atoms with E-state index in [-0.39, 0.29) is 0 Å². The van der Waals surface area contributed by atoms with Crippen LogP contribution in [0.15, 0.2) is 22.6 Å². The van der Waals surface area contributed by atoms with Crippen LogP contribution in [0, 0.1) is 0 Å². The molecule has 5 rings (SSSR count). The summed E-state index contributed by atoms with van der Waals surface area (Å²) in [7, 11) is -0.819. The van der Waals surface area contributed by atoms with Gasteiger partial charge in [0, 0.05) is 51.1 Å². The monoisotopic (exact) mass is 360 g/mol. The summed E-state index contributed by atoms with van der Waals surface area (Å²) in [4.78, 5) is 9.57. The van der Waals surface area contributed by atoms with Crippen LogP contribution in [0.5, 0.6) is 0 Å². The molecule has 3 fully saturated rings. The number of fused-ring (bicyclic) bond motifs is 1. The van der Waals surface area contributed by atoms with E-state index in [0.29, 0.717) is 0 Å². The Bertz CT molecular complexity index is 795. The number of aromatic nitrogens is 1. The van der Waals surface area contributed by atoms with Gasteiger partial charge in [0.25, 0.3) is 6.01 Å². The summed E-state index contributed by atoms with van der Waals surface area (Å²) in [6, 6.07) is 7.73. The van der Waals surface area contributed by atoms with Crippen LogP contribution in [0.4, 0.5) is 6.01 Å². The van der Waals surface area contributed by atoms with E-state index in [2.05, 4.69) is 21.9 Å². The number of rotatable bonds is 4. The minimum absolute atomic E-state index is 0.727. The quantitative estimate of drug-likeness (QED) is 0.835. The van der Waals surface area contributed by atoms with Gasteiger partial charge >= 0.3 is 0 Å². The molecule has 25 heavy (non-hydrogen) atoms. The summed E-state index contributed by atoms with van der Waals surface area (Å²) in [6.07, 6.45) is 3.76. The second-order valence-corrected chi connectivity index (χ2v) is 8.86. The summed E-state index contributed by atoms with van der Waals surface area (Å²) in [6.45, 7) is 5.83. The van der Waals surface area contributed by atoms with Crippen molar-refractivity contribution < 1.29 is 8.63 Å². The maximum atomic E-state index is 11.9. The molecule has 1 aromatic heterocycles. The zero-order valence-corrected chi connectivity index (χ0v) is 15.2. The SMILES string of the molecule is O=S1CCCN1Cc1ccc2oc(N3CCN(C4CC4)CC3)nc2c1. The highest BCUT2D eigenvalue weighted by Gasteiger charge is 2.32. The third kappa shape index (κ3) is 3.20. The van der Waals surface area contributed by atoms with Crippen molar-refractivity contribution in [1.29, 1.82) is 0 Å². The third-order valence-corrected chi connectivity index (χ3v) is 6.99. The maximum absolute atomic E-state index is 11.9. The zero-order chi connectivity index (χ0) is 16.8. The van der Waals surface area contributed by atoms with Crippen LogP contribution >= 0.6 is 0 Å². The van der Waals surface area contributed by atoms with Crippen LogP contribution in [0.3, 0.4) is 0 Å². The van der Waals surface area contributed by atoms with Gasteiger partial charge < -0.3 is 9.32 Å². The average Bonchev–Trinajstić information content (AvgIpc) is 3.28. The van der Waals surface area contributed by atoms with Crippen LogP contribution in [0.2, 0.25) is 0 Å². The molecule has 134 valence electrons. The highest BCUT2D eigenvalue weighted by atomic mass is 32.2. The molecule has 0 N–H and O–H groups in total. The Hall–Kier alpha value is -1.44. The summed E-state index contributed by atoms with van der Waals surface area (Å²) in [5, 5.41) is 0. The van der Waals surface area contributed by atoms with Crippen LogP contribution < -0.4 is 4.90 Å². The lowest BCUT2D eigenvalue weighted by molar-refractivity contribution is 0.244. The molecule has 0 radical (unpaired) electrons. The molecule has 0 spiro atoms. The lowest BCUT2D eigenvalue weighted by Gasteiger charge is -2.33. The fourth-order valence-corrected chi connectivity index (χ4v) is 5.12. The van der Waals surface area contributed by atoms with Crippen LogP contribution in [-0.4, -0.2) is 62.9 Å². The molecule has 0 bridgehead atoms. The van der Waals surface area contributed by atoms with E-state index >= 15 is 0 Å². The second-order valence-electron chi connectivity index (χ2n) is 7.30. The van der Waals surface area contributed by atoms with Gasteiger partial charge in [-0.3, -0.25) is 4.90 Å². The van der Waals surface area contributed by atoms with Crippen molar-refractivity contribution in [2.75, 3.05) is 43.4 Å². The van der Waals surface area contributed by atoms with E-state index in [9.17, 15) is 4.21 Å². The van der Waals surface area contributed by atoms with Gasteiger partial charge in [0.15, 0.2) is 5.58 Å². The van der Waals surface area contributed by atoms with Gasteiger partial charge in [-0.25, -0.2) is 8.51 Å². The summed E-state index contributed by atoms with van der Waals surface area (Å²) < 4.78 is 20.0. The molecular formula is C18H24N4O2S. The smallest absolute Gasteiger partial charge is 0.298 e. The summed E-state index contributed by atoms with van der Waals surface area (Å²) in [5.74, 6) is 0.795. The van der Waals surface area contributed by atoms with Gasteiger partial charge in [-0.1, -0.05) is 6.07 Å². The maximum Gasteiger partial charge on any atom is 0.298 e. The van der Waals surface area contributed by atoms with E-state index in [1.165, 1.54) is 12.8 Å². The molecule has 3 heterocycles. The van der Waals surface area contributed by atoms with E-state index < -0.39 is 11.0 Å². The number of hydrogen-bond acceptors (Lipinski definition) is 5. The largest absolute Gasteiger partial charge is 0.423 e. The standard InChI is InChI=1S/C18H24N4O2S/c23-25-11-1-6-22(25)13-14-2-5-17-16(12-14)19-18(24-17)21-9-7-20(8-10-21)15-3-4-15/h2,5,12,15H,1,3-4,6-11,13H2. The number of oxazole rings is 1. The topological polar surface area (TPSA) is 52.8 Å². The van der Waals surface area contributed by atoms with Crippen LogP contribution in [0.1, 0.15) is 24.8 Å². The molecule has 0 amide bonds. The fraction of sp³-hybridized carbons (Fsp3) is 0.611. The lowest BCUT2D eigenvalue weighted by Crippen LogP contribution is -2.47. The molecule has 2 saturated heterocycles. The Morgan fingerprint density at radius 1 is 1.16 bits per heavy atom. The third-order valence-electron chi connectivity index (χ3n) is 5.46. The summed E-state index contributed by atoms with van der Waals surface area (Å²) >= 11 is 0. The van der Waals surface area contributed by atoms with Gasteiger partial charge in [0.05, 0.1) is 11.0 Å². The Morgan fingerprint density at radius 3 is 2.72 bits per heavy atom. The fourth-order valence-electron chi connectivity index (χ4n) is 3.86. The number of benzene rings is 1. The van der Waals surface area contributed by atoms with Gasteiger partial charge in [0.2, 0.25) is 0 Å². The Labute approximate surface area is 150 Å². The van der Waals surface area contributed by atoms with Crippen molar-refractivity contribution in [3.8, 4) is 0 Å². The number of piperazine rings is 1. The average molecular weight is 360 g/mol. The molecule has 6 nitrogen and oxygen atoms in total. The van der Waals surface area contributed by atoms with Gasteiger partial charge in [-0.15, -0.1) is 0 Å². The molecule has 1 aliphatic carbocycles. The van der Waals surface area contributed by atoms with Crippen molar-refractivity contribution in [3.05, 3.63) is 23.8 Å². The van der Waals surface area contributed by atoms with E-state index in [4.69, 9.17) is 9.40 Å². The van der Waals surface area contributed by atoms with Crippen LogP contribution in [-0.2, 0) is 17.5 Å². The number of nitrogens with zero attached hydrogens (tertiary/aromatic N) is 4. The minimum atomic E-state index is -0.819. The molecule has 1 saturated carbocycles. The summed E-state index contributed by atoms with van der Waals surface area (Å²) in [5.41, 5.74) is 2.90. The van der Waals surface area contributed by atoms with Crippen LogP contribution in [0.25, 0.3) is 11.1 Å². The second kappa shape index (κ2) is 6.37. The number of hydrogen-bond donors (Lipinski definition) is 0. The van der Waals surface area contributed by atoms with Crippen molar-refractivity contribution >= 4 is 28.1 Å². The Morgan fingerprint density at radius 2 is 2.00 bits per heavy atom. The molecule has 1 aromatic carbocycles. The Balaban J connectivity index is 1.30. The normalized spacial score (nSPS) is 25.9. The predicted molar refractivity (Wildman–Crippen MR) is 98.9 cm³/mol. The molecule has 2 aromatic rings. The first-order valence-corrected chi connectivity index (χ1v) is 10.6. The van der Waals surface area contributed by atoms with Gasteiger partial charge in [-0.2, -0.15) is 4.98 Å². The number of anilines is 1. The molecule has 1 unspecified atom stereocenters. The molecule has 2 aliphatic heterocycles. The highest BCUT2D eigenvalue weighted by molar-refractivity contribution is 7.82. The molecule has 1 atom stereocenters. The molecule has 3 aliphatic rings. The van der Waals surface area contributed by atoms with E-state index in [1.807, 2.05) is 10.4 Å².